The van der Waals surface area contributed by atoms with Gasteiger partial charge in [-0.15, -0.1) is 0 Å². The Morgan fingerprint density at radius 2 is 1.73 bits per heavy atom. The van der Waals surface area contributed by atoms with Crippen molar-refractivity contribution in [3.05, 3.63) is 94.0 Å². The summed E-state index contributed by atoms with van der Waals surface area (Å²) in [6, 6.07) is 19.7. The molecule has 0 radical (unpaired) electrons. The number of ether oxygens (including phenoxy) is 1. The third-order valence-electron chi connectivity index (χ3n) is 6.48. The van der Waals surface area contributed by atoms with Crippen LogP contribution in [0.4, 0.5) is 5.69 Å². The normalized spacial score (nSPS) is 11.9. The zero-order valence-electron chi connectivity index (χ0n) is 23.3. The zero-order chi connectivity index (χ0) is 30.0. The quantitative estimate of drug-likeness (QED) is 0.246. The fourth-order valence-corrected chi connectivity index (χ4v) is 5.58. The molecule has 11 heteroatoms. The molecule has 0 fully saturated rings. The van der Waals surface area contributed by atoms with Gasteiger partial charge in [0.1, 0.15) is 18.3 Å². The molecule has 220 valence electrons. The number of benzene rings is 3. The third-order valence-corrected chi connectivity index (χ3v) is 8.20. The van der Waals surface area contributed by atoms with E-state index in [9.17, 15) is 18.0 Å². The molecule has 0 bridgehead atoms. The minimum absolute atomic E-state index is 0.0384. The van der Waals surface area contributed by atoms with Crippen molar-refractivity contribution in [1.29, 1.82) is 0 Å². The van der Waals surface area contributed by atoms with Gasteiger partial charge in [0, 0.05) is 35.6 Å². The molecule has 8 nitrogen and oxygen atoms in total. The molecule has 0 aliphatic heterocycles. The predicted octanol–water partition coefficient (Wildman–Crippen LogP) is 5.32. The lowest BCUT2D eigenvalue weighted by atomic mass is 10.0. The van der Waals surface area contributed by atoms with Crippen molar-refractivity contribution in [1.82, 2.24) is 10.2 Å². The lowest BCUT2D eigenvalue weighted by Crippen LogP contribution is -2.53. The lowest BCUT2D eigenvalue weighted by Gasteiger charge is -2.33. The zero-order valence-corrected chi connectivity index (χ0v) is 25.7. The SMILES string of the molecule is CCCCNC(=O)C(Cc1ccccc1)N(Cc1ccc(Cl)cc1Cl)C(=O)CN(c1cccc(OC)c1)S(C)(=O)=O. The number of unbranched alkanes of at least 4 members (excludes halogenated alkanes) is 1. The van der Waals surface area contributed by atoms with Crippen LogP contribution in [-0.4, -0.2) is 57.6 Å². The fourth-order valence-electron chi connectivity index (χ4n) is 4.27. The molecule has 0 heterocycles. The standard InChI is InChI=1S/C30H35Cl2N3O5S/c1-4-5-16-33-30(37)28(17-22-10-7-6-8-11-22)34(20-23-14-15-24(31)18-27(23)32)29(36)21-35(41(3,38)39)25-12-9-13-26(19-25)40-2/h6-15,18-19,28H,4-5,16-17,20-21H2,1-3H3,(H,33,37). The summed E-state index contributed by atoms with van der Waals surface area (Å²) in [7, 11) is -2.42. The Balaban J connectivity index is 2.07. The maximum Gasteiger partial charge on any atom is 0.244 e. The molecule has 0 saturated heterocycles. The van der Waals surface area contributed by atoms with Crippen LogP contribution in [0.25, 0.3) is 0 Å². The Bertz CT molecular complexity index is 1440. The van der Waals surface area contributed by atoms with Gasteiger partial charge < -0.3 is 15.0 Å². The van der Waals surface area contributed by atoms with Crippen molar-refractivity contribution in [3.8, 4) is 5.75 Å². The van der Waals surface area contributed by atoms with Crippen LogP contribution in [0.2, 0.25) is 10.0 Å². The van der Waals surface area contributed by atoms with Gasteiger partial charge in [-0.05, 0) is 41.8 Å². The molecule has 0 aromatic heterocycles. The number of hydrogen-bond donors (Lipinski definition) is 1. The summed E-state index contributed by atoms with van der Waals surface area (Å²) < 4.78 is 32.1. The number of halogens is 2. The first-order chi connectivity index (χ1) is 19.5. The van der Waals surface area contributed by atoms with Gasteiger partial charge in [0.05, 0.1) is 19.1 Å². The molecular weight excluding hydrogens is 585 g/mol. The molecule has 1 unspecified atom stereocenters. The van der Waals surface area contributed by atoms with E-state index >= 15 is 0 Å². The minimum Gasteiger partial charge on any atom is -0.497 e. The van der Waals surface area contributed by atoms with E-state index in [2.05, 4.69) is 5.32 Å². The van der Waals surface area contributed by atoms with Gasteiger partial charge in [0.15, 0.2) is 0 Å². The number of nitrogens with zero attached hydrogens (tertiary/aromatic N) is 2. The highest BCUT2D eigenvalue weighted by Gasteiger charge is 2.33. The molecule has 0 aliphatic rings. The largest absolute Gasteiger partial charge is 0.497 e. The molecule has 0 saturated carbocycles. The number of anilines is 1. The van der Waals surface area contributed by atoms with Crippen molar-refractivity contribution in [2.75, 3.05) is 30.8 Å². The number of amides is 2. The summed E-state index contributed by atoms with van der Waals surface area (Å²) in [4.78, 5) is 29.1. The van der Waals surface area contributed by atoms with Gasteiger partial charge in [-0.25, -0.2) is 8.42 Å². The van der Waals surface area contributed by atoms with Gasteiger partial charge in [0.2, 0.25) is 21.8 Å². The van der Waals surface area contributed by atoms with E-state index in [1.165, 1.54) is 18.1 Å². The average Bonchev–Trinajstić information content (AvgIpc) is 2.94. The van der Waals surface area contributed by atoms with E-state index in [0.29, 0.717) is 27.9 Å². The average molecular weight is 621 g/mol. The smallest absolute Gasteiger partial charge is 0.244 e. The Morgan fingerprint density at radius 1 is 1.00 bits per heavy atom. The first-order valence-corrected chi connectivity index (χ1v) is 15.8. The van der Waals surface area contributed by atoms with Crippen LogP contribution < -0.4 is 14.4 Å². The molecule has 3 aromatic rings. The van der Waals surface area contributed by atoms with Crippen molar-refractivity contribution in [2.45, 2.75) is 38.8 Å². The van der Waals surface area contributed by atoms with Crippen LogP contribution in [0.5, 0.6) is 5.75 Å². The van der Waals surface area contributed by atoms with Crippen LogP contribution in [0.15, 0.2) is 72.8 Å². The molecule has 1 N–H and O–H groups in total. The summed E-state index contributed by atoms with van der Waals surface area (Å²) in [6.45, 7) is 1.89. The highest BCUT2D eigenvalue weighted by molar-refractivity contribution is 7.92. The molecule has 3 rings (SSSR count). The number of rotatable bonds is 14. The van der Waals surface area contributed by atoms with E-state index in [0.717, 1.165) is 29.0 Å². The van der Waals surface area contributed by atoms with Crippen molar-refractivity contribution >= 4 is 50.7 Å². The van der Waals surface area contributed by atoms with Crippen molar-refractivity contribution in [3.63, 3.8) is 0 Å². The number of carbonyl (C=O) groups is 2. The second-order valence-electron chi connectivity index (χ2n) is 9.58. The van der Waals surface area contributed by atoms with Gasteiger partial charge in [0.25, 0.3) is 0 Å². The van der Waals surface area contributed by atoms with E-state index in [-0.39, 0.29) is 24.6 Å². The van der Waals surface area contributed by atoms with Crippen LogP contribution in [0, 0.1) is 0 Å². The van der Waals surface area contributed by atoms with E-state index in [4.69, 9.17) is 27.9 Å². The highest BCUT2D eigenvalue weighted by atomic mass is 35.5. The number of hydrogen-bond acceptors (Lipinski definition) is 5. The van der Waals surface area contributed by atoms with Crippen molar-refractivity contribution < 1.29 is 22.7 Å². The first-order valence-electron chi connectivity index (χ1n) is 13.2. The Hall–Kier alpha value is -3.27. The van der Waals surface area contributed by atoms with Crippen LogP contribution >= 0.6 is 23.2 Å². The number of carbonyl (C=O) groups excluding carboxylic acids is 2. The van der Waals surface area contributed by atoms with E-state index in [1.54, 1.807) is 36.4 Å². The molecule has 0 spiro atoms. The van der Waals surface area contributed by atoms with E-state index < -0.39 is 28.5 Å². The van der Waals surface area contributed by atoms with Crippen LogP contribution in [0.1, 0.15) is 30.9 Å². The summed E-state index contributed by atoms with van der Waals surface area (Å²) >= 11 is 12.6. The molecule has 1 atom stereocenters. The maximum atomic E-state index is 14.1. The van der Waals surface area contributed by atoms with E-state index in [1.807, 2.05) is 37.3 Å². The topological polar surface area (TPSA) is 96.0 Å². The minimum atomic E-state index is -3.89. The number of nitrogens with one attached hydrogen (secondary N) is 1. The van der Waals surface area contributed by atoms with Gasteiger partial charge in [-0.3, -0.25) is 13.9 Å². The highest BCUT2D eigenvalue weighted by Crippen LogP contribution is 2.26. The predicted molar refractivity (Wildman–Crippen MR) is 164 cm³/mol. The maximum absolute atomic E-state index is 14.1. The third kappa shape index (κ3) is 9.38. The summed E-state index contributed by atoms with van der Waals surface area (Å²) in [5, 5.41) is 3.70. The first kappa shape index (κ1) is 32.2. The molecular formula is C30H35Cl2N3O5S. The fraction of sp³-hybridized carbons (Fsp3) is 0.333. The monoisotopic (exact) mass is 619 g/mol. The number of sulfonamides is 1. The van der Waals surface area contributed by atoms with Crippen LogP contribution in [-0.2, 0) is 32.6 Å². The Morgan fingerprint density at radius 3 is 2.37 bits per heavy atom. The second kappa shape index (κ2) is 15.1. The second-order valence-corrected chi connectivity index (χ2v) is 12.3. The van der Waals surface area contributed by atoms with Crippen LogP contribution in [0.3, 0.4) is 0 Å². The summed E-state index contributed by atoms with van der Waals surface area (Å²) in [6.07, 6.45) is 2.90. The number of methoxy groups -OCH3 is 1. The van der Waals surface area contributed by atoms with Gasteiger partial charge >= 0.3 is 0 Å². The summed E-state index contributed by atoms with van der Waals surface area (Å²) in [5.74, 6) is -0.477. The molecule has 0 aliphatic carbocycles. The van der Waals surface area contributed by atoms with Gasteiger partial charge in [-0.2, -0.15) is 0 Å². The lowest BCUT2D eigenvalue weighted by molar-refractivity contribution is -0.140. The molecule has 2 amide bonds. The molecule has 41 heavy (non-hydrogen) atoms. The van der Waals surface area contributed by atoms with Gasteiger partial charge in [-0.1, -0.05) is 79.0 Å². The molecule has 3 aromatic carbocycles. The van der Waals surface area contributed by atoms with Crippen molar-refractivity contribution in [2.24, 2.45) is 0 Å². The Labute approximate surface area is 252 Å². The summed E-state index contributed by atoms with van der Waals surface area (Å²) in [5.41, 5.74) is 1.67. The Kier molecular flexibility index (Phi) is 11.9.